The number of nitrogens with zero attached hydrogens (tertiary/aromatic N) is 6. The molecule has 4 rings (SSSR count). The molecule has 1 aromatic carbocycles. The maximum atomic E-state index is 13.6. The lowest BCUT2D eigenvalue weighted by atomic mass is 10.1. The van der Waals surface area contributed by atoms with E-state index >= 15 is 0 Å². The van der Waals surface area contributed by atoms with Crippen LogP contribution in [-0.4, -0.2) is 59.8 Å². The Hall–Kier alpha value is -4.62. The number of carbonyl (C=O) groups is 3. The van der Waals surface area contributed by atoms with E-state index in [1.54, 1.807) is 62.3 Å². The average molecular weight is 597 g/mol. The van der Waals surface area contributed by atoms with Crippen LogP contribution in [0.5, 0.6) is 0 Å². The predicted molar refractivity (Wildman–Crippen MR) is 156 cm³/mol. The summed E-state index contributed by atoms with van der Waals surface area (Å²) in [6, 6.07) is 5.64. The largest absolute Gasteiger partial charge is 0.443 e. The summed E-state index contributed by atoms with van der Waals surface area (Å²) in [4.78, 5) is 61.2. The van der Waals surface area contributed by atoms with Crippen molar-refractivity contribution in [1.29, 1.82) is 0 Å². The zero-order valence-electron chi connectivity index (χ0n) is 25.8. The molecule has 43 heavy (non-hydrogen) atoms. The molecule has 0 N–H and O–H groups in total. The highest BCUT2D eigenvalue weighted by molar-refractivity contribution is 6.14. The van der Waals surface area contributed by atoms with E-state index in [0.29, 0.717) is 16.2 Å². The van der Waals surface area contributed by atoms with Crippen molar-refractivity contribution in [3.05, 3.63) is 40.1 Å². The van der Waals surface area contributed by atoms with Gasteiger partial charge in [-0.1, -0.05) is 0 Å². The van der Waals surface area contributed by atoms with Gasteiger partial charge in [-0.05, 0) is 87.3 Å². The van der Waals surface area contributed by atoms with Crippen molar-refractivity contribution in [3.8, 4) is 11.4 Å². The van der Waals surface area contributed by atoms with Crippen LogP contribution in [0.1, 0.15) is 86.8 Å². The fraction of sp³-hybridized carbons (Fsp3) is 0.517. The summed E-state index contributed by atoms with van der Waals surface area (Å²) >= 11 is 0. The number of non-ortho nitro benzene ring substituents is 1. The minimum atomic E-state index is -1.07. The molecule has 2 amide bonds. The molecule has 1 saturated carbocycles. The van der Waals surface area contributed by atoms with Gasteiger partial charge in [-0.2, -0.15) is 4.90 Å². The number of imide groups is 1. The van der Waals surface area contributed by atoms with Crippen LogP contribution in [0.15, 0.2) is 24.3 Å². The molecule has 2 heterocycles. The van der Waals surface area contributed by atoms with E-state index in [4.69, 9.17) is 19.2 Å². The molecular weight excluding hydrogens is 560 g/mol. The number of nitro benzene ring substituents is 1. The zero-order chi connectivity index (χ0) is 32.1. The van der Waals surface area contributed by atoms with Gasteiger partial charge in [-0.25, -0.2) is 24.4 Å². The van der Waals surface area contributed by atoms with Crippen LogP contribution in [0.3, 0.4) is 0 Å². The topological polar surface area (TPSA) is 169 Å². The molecule has 0 saturated heterocycles. The Morgan fingerprint density at radius 2 is 1.37 bits per heavy atom. The number of hydrogen-bond acceptors (Lipinski definition) is 11. The second-order valence-electron chi connectivity index (χ2n) is 13.2. The van der Waals surface area contributed by atoms with Crippen LogP contribution >= 0.6 is 0 Å². The van der Waals surface area contributed by atoms with Crippen LogP contribution < -0.4 is 4.90 Å². The van der Waals surface area contributed by atoms with Gasteiger partial charge in [0.05, 0.1) is 16.0 Å². The van der Waals surface area contributed by atoms with Crippen molar-refractivity contribution in [2.45, 2.75) is 97.9 Å². The van der Waals surface area contributed by atoms with Crippen LogP contribution in [0, 0.1) is 10.1 Å². The highest BCUT2D eigenvalue weighted by atomic mass is 16.6. The Bertz CT molecular complexity index is 1560. The molecule has 2 aromatic heterocycles. The van der Waals surface area contributed by atoms with Crippen molar-refractivity contribution in [1.82, 2.24) is 19.7 Å². The summed E-state index contributed by atoms with van der Waals surface area (Å²) < 4.78 is 17.6. The Labute approximate surface area is 248 Å². The Morgan fingerprint density at radius 1 is 0.860 bits per heavy atom. The van der Waals surface area contributed by atoms with Gasteiger partial charge in [0.1, 0.15) is 16.8 Å². The zero-order valence-corrected chi connectivity index (χ0v) is 25.8. The van der Waals surface area contributed by atoms with Crippen LogP contribution in [0.4, 0.5) is 25.9 Å². The summed E-state index contributed by atoms with van der Waals surface area (Å²) in [5.41, 5.74) is -2.13. The van der Waals surface area contributed by atoms with E-state index in [0.717, 1.165) is 17.5 Å². The summed E-state index contributed by atoms with van der Waals surface area (Å²) in [5, 5.41) is 15.8. The molecule has 1 aliphatic carbocycles. The highest BCUT2D eigenvalue weighted by Gasteiger charge is 2.40. The standard InChI is InChI=1S/C29H36N6O8/c1-27(2,3)41-24(36)33(25(37)42-28(4,5)6)23-19-20(16-10-11-16)30-21(17-12-14-18(15-13-17)35(39)40)31-22(19)34(32-23)26(38)43-29(7,8)9/h12-16H,10-11H2,1-9H3. The van der Waals surface area contributed by atoms with Crippen LogP contribution in [0.25, 0.3) is 22.4 Å². The molecule has 1 fully saturated rings. The number of rotatable bonds is 4. The Morgan fingerprint density at radius 3 is 1.81 bits per heavy atom. The fourth-order valence-corrected chi connectivity index (χ4v) is 3.99. The Kier molecular flexibility index (Phi) is 7.94. The maximum absolute atomic E-state index is 13.6. The quantitative estimate of drug-likeness (QED) is 0.177. The van der Waals surface area contributed by atoms with Crippen molar-refractivity contribution < 1.29 is 33.5 Å². The molecule has 0 atom stereocenters. The highest BCUT2D eigenvalue weighted by Crippen LogP contribution is 2.45. The minimum absolute atomic E-state index is 0.0216. The molecular formula is C29H36N6O8. The third-order valence-electron chi connectivity index (χ3n) is 5.77. The first kappa shape index (κ1) is 31.3. The van der Waals surface area contributed by atoms with Crippen molar-refractivity contribution in [2.75, 3.05) is 4.90 Å². The van der Waals surface area contributed by atoms with E-state index in [-0.39, 0.29) is 34.3 Å². The smallest absolute Gasteiger partial charge is 0.437 e. The number of aromatic nitrogens is 4. The van der Waals surface area contributed by atoms with Gasteiger partial charge in [0.2, 0.25) is 0 Å². The maximum Gasteiger partial charge on any atom is 0.437 e. The molecule has 14 nitrogen and oxygen atoms in total. The van der Waals surface area contributed by atoms with E-state index in [9.17, 15) is 24.5 Å². The number of anilines is 1. The minimum Gasteiger partial charge on any atom is -0.443 e. The monoisotopic (exact) mass is 596 g/mol. The van der Waals surface area contributed by atoms with E-state index in [2.05, 4.69) is 10.1 Å². The summed E-state index contributed by atoms with van der Waals surface area (Å²) in [5.74, 6) is -0.167. The summed E-state index contributed by atoms with van der Waals surface area (Å²) in [6.07, 6.45) is -1.55. The van der Waals surface area contributed by atoms with E-state index in [1.165, 1.54) is 24.3 Å². The van der Waals surface area contributed by atoms with Gasteiger partial charge in [0, 0.05) is 23.6 Å². The summed E-state index contributed by atoms with van der Waals surface area (Å²) in [6.45, 7) is 14.9. The van der Waals surface area contributed by atoms with Crippen molar-refractivity contribution in [2.24, 2.45) is 0 Å². The van der Waals surface area contributed by atoms with Gasteiger partial charge in [-0.3, -0.25) is 10.1 Å². The average Bonchev–Trinajstić information content (AvgIpc) is 3.62. The second kappa shape index (κ2) is 10.9. The summed E-state index contributed by atoms with van der Waals surface area (Å²) in [7, 11) is 0. The second-order valence-corrected chi connectivity index (χ2v) is 13.2. The van der Waals surface area contributed by atoms with Gasteiger partial charge in [-0.15, -0.1) is 9.78 Å². The van der Waals surface area contributed by atoms with Gasteiger partial charge < -0.3 is 14.2 Å². The third kappa shape index (κ3) is 7.43. The molecule has 0 spiro atoms. The lowest BCUT2D eigenvalue weighted by molar-refractivity contribution is -0.384. The number of benzene rings is 1. The van der Waals surface area contributed by atoms with Gasteiger partial charge >= 0.3 is 18.3 Å². The SMILES string of the molecule is CC(C)(C)OC(=O)N(C(=O)OC(C)(C)C)c1nn(C(=O)OC(C)(C)C)c2nc(-c3ccc([N+](=O)[O-])cc3)nc(C3CC3)c12. The number of carbonyl (C=O) groups excluding carboxylic acids is 3. The molecule has 0 bridgehead atoms. The van der Waals surface area contributed by atoms with E-state index in [1.807, 2.05) is 0 Å². The van der Waals surface area contributed by atoms with Crippen molar-refractivity contribution >= 4 is 40.8 Å². The first-order valence-corrected chi connectivity index (χ1v) is 13.8. The lowest BCUT2D eigenvalue weighted by Gasteiger charge is -2.27. The van der Waals surface area contributed by atoms with Gasteiger partial charge in [0.25, 0.3) is 5.69 Å². The molecule has 3 aromatic rings. The number of ether oxygens (including phenoxy) is 3. The van der Waals surface area contributed by atoms with E-state index < -0.39 is 40.0 Å². The lowest BCUT2D eigenvalue weighted by Crippen LogP contribution is -2.44. The molecule has 1 aliphatic rings. The number of nitro groups is 1. The first-order valence-electron chi connectivity index (χ1n) is 13.8. The van der Waals surface area contributed by atoms with Crippen LogP contribution in [0.2, 0.25) is 0 Å². The fourth-order valence-electron chi connectivity index (χ4n) is 3.99. The molecule has 0 unspecified atom stereocenters. The first-order chi connectivity index (χ1) is 19.7. The van der Waals surface area contributed by atoms with Crippen LogP contribution in [-0.2, 0) is 14.2 Å². The normalized spacial score (nSPS) is 13.9. The number of fused-ring (bicyclic) bond motifs is 1. The molecule has 0 aliphatic heterocycles. The molecule has 230 valence electrons. The predicted octanol–water partition coefficient (Wildman–Crippen LogP) is 6.74. The molecule has 0 radical (unpaired) electrons. The molecule has 14 heteroatoms. The van der Waals surface area contributed by atoms with Crippen molar-refractivity contribution in [3.63, 3.8) is 0 Å². The number of hydrogen-bond donors (Lipinski definition) is 0. The third-order valence-corrected chi connectivity index (χ3v) is 5.77. The number of amides is 2. The van der Waals surface area contributed by atoms with Gasteiger partial charge in [0.15, 0.2) is 17.3 Å². The Balaban J connectivity index is 2.02.